The second kappa shape index (κ2) is 6.02. The number of aryl methyl sites for hydroxylation is 1. The largest absolute Gasteiger partial charge is 0.459 e. The van der Waals surface area contributed by atoms with Crippen molar-refractivity contribution in [2.75, 3.05) is 5.32 Å². The number of carbonyl (C=O) groups is 1. The maximum absolute atomic E-state index is 13.0. The molecule has 22 heavy (non-hydrogen) atoms. The van der Waals surface area contributed by atoms with Crippen LogP contribution in [0.5, 0.6) is 0 Å². The van der Waals surface area contributed by atoms with Crippen LogP contribution in [0.2, 0.25) is 0 Å². The Kier molecular flexibility index (Phi) is 4.08. The van der Waals surface area contributed by atoms with Gasteiger partial charge < -0.3 is 9.73 Å². The Labute approximate surface area is 138 Å². The van der Waals surface area contributed by atoms with E-state index in [1.54, 1.807) is 5.38 Å². The number of halogens is 2. The molecule has 112 valence electrons. The van der Waals surface area contributed by atoms with Crippen molar-refractivity contribution in [2.45, 2.75) is 6.92 Å². The van der Waals surface area contributed by atoms with Crippen LogP contribution in [0.3, 0.4) is 0 Å². The molecule has 2 heterocycles. The van der Waals surface area contributed by atoms with Crippen molar-refractivity contribution in [3.8, 4) is 10.8 Å². The topological polar surface area (TPSA) is 55.1 Å². The zero-order valence-corrected chi connectivity index (χ0v) is 13.8. The number of carbonyl (C=O) groups excluding carboxylic acids is 1. The number of amides is 1. The molecule has 1 aromatic carbocycles. The minimum Gasteiger partial charge on any atom is -0.459 e. The number of nitrogens with zero attached hydrogens (tertiary/aromatic N) is 1. The second-order valence-corrected chi connectivity index (χ2v) is 6.24. The maximum atomic E-state index is 13.0. The molecule has 0 aliphatic rings. The highest BCUT2D eigenvalue weighted by atomic mass is 79.9. The predicted octanol–water partition coefficient (Wildman–Crippen LogP) is 4.87. The van der Waals surface area contributed by atoms with Crippen molar-refractivity contribution < 1.29 is 13.6 Å². The first-order chi connectivity index (χ1) is 10.5. The van der Waals surface area contributed by atoms with Gasteiger partial charge in [0, 0.05) is 9.85 Å². The summed E-state index contributed by atoms with van der Waals surface area (Å²) in [5.41, 5.74) is 0.764. The highest BCUT2D eigenvalue weighted by Gasteiger charge is 2.15. The first-order valence-corrected chi connectivity index (χ1v) is 7.99. The van der Waals surface area contributed by atoms with Gasteiger partial charge in [-0.1, -0.05) is 0 Å². The molecule has 0 atom stereocenters. The highest BCUT2D eigenvalue weighted by Crippen LogP contribution is 2.27. The summed E-state index contributed by atoms with van der Waals surface area (Å²) in [4.78, 5) is 16.4. The smallest absolute Gasteiger partial charge is 0.275 e. The van der Waals surface area contributed by atoms with E-state index in [4.69, 9.17) is 4.42 Å². The standard InChI is InChI=1S/C15H10BrFN2O2S/c1-8-2-5-13(21-8)15-19-12(7-22-15)14(20)18-11-4-3-9(17)6-10(11)16/h2-7H,1H3,(H,18,20). The Morgan fingerprint density at radius 2 is 2.18 bits per heavy atom. The van der Waals surface area contributed by atoms with Gasteiger partial charge in [-0.15, -0.1) is 11.3 Å². The fourth-order valence-corrected chi connectivity index (χ4v) is 3.03. The molecular formula is C15H10BrFN2O2S. The molecule has 2 aromatic heterocycles. The Bertz CT molecular complexity index is 844. The fourth-order valence-electron chi connectivity index (χ4n) is 1.82. The molecule has 0 saturated heterocycles. The van der Waals surface area contributed by atoms with E-state index in [9.17, 15) is 9.18 Å². The van der Waals surface area contributed by atoms with Gasteiger partial charge in [-0.25, -0.2) is 9.37 Å². The van der Waals surface area contributed by atoms with E-state index in [1.807, 2.05) is 19.1 Å². The summed E-state index contributed by atoms with van der Waals surface area (Å²) in [6.45, 7) is 1.84. The van der Waals surface area contributed by atoms with E-state index in [1.165, 1.54) is 29.5 Å². The minimum atomic E-state index is -0.381. The van der Waals surface area contributed by atoms with Crippen LogP contribution in [0.1, 0.15) is 16.2 Å². The molecule has 0 aliphatic carbocycles. The lowest BCUT2D eigenvalue weighted by Crippen LogP contribution is -2.12. The maximum Gasteiger partial charge on any atom is 0.275 e. The monoisotopic (exact) mass is 380 g/mol. The summed E-state index contributed by atoms with van der Waals surface area (Å²) in [5, 5.41) is 4.97. The zero-order valence-electron chi connectivity index (χ0n) is 11.4. The number of thiazole rings is 1. The van der Waals surface area contributed by atoms with Crippen LogP contribution in [-0.4, -0.2) is 10.9 Å². The van der Waals surface area contributed by atoms with Crippen LogP contribution in [-0.2, 0) is 0 Å². The number of anilines is 1. The highest BCUT2D eigenvalue weighted by molar-refractivity contribution is 9.10. The Hall–Kier alpha value is -1.99. The summed E-state index contributed by atoms with van der Waals surface area (Å²) in [5.74, 6) is 0.669. The van der Waals surface area contributed by atoms with Crippen LogP contribution < -0.4 is 5.32 Å². The Morgan fingerprint density at radius 3 is 2.86 bits per heavy atom. The molecule has 0 radical (unpaired) electrons. The molecule has 0 spiro atoms. The lowest BCUT2D eigenvalue weighted by atomic mass is 10.3. The fraction of sp³-hybridized carbons (Fsp3) is 0.0667. The van der Waals surface area contributed by atoms with E-state index in [-0.39, 0.29) is 17.4 Å². The molecule has 0 unspecified atom stereocenters. The lowest BCUT2D eigenvalue weighted by molar-refractivity contribution is 0.102. The van der Waals surface area contributed by atoms with Crippen LogP contribution in [0.25, 0.3) is 10.8 Å². The van der Waals surface area contributed by atoms with E-state index in [0.29, 0.717) is 20.9 Å². The van der Waals surface area contributed by atoms with E-state index in [2.05, 4.69) is 26.2 Å². The van der Waals surface area contributed by atoms with Crippen LogP contribution >= 0.6 is 27.3 Å². The van der Waals surface area contributed by atoms with Gasteiger partial charge in [0.05, 0.1) is 5.69 Å². The molecule has 1 N–H and O–H groups in total. The van der Waals surface area contributed by atoms with Crippen molar-refractivity contribution in [2.24, 2.45) is 0 Å². The summed E-state index contributed by atoms with van der Waals surface area (Å²) in [6.07, 6.45) is 0. The predicted molar refractivity (Wildman–Crippen MR) is 86.6 cm³/mol. The second-order valence-electron chi connectivity index (χ2n) is 4.53. The van der Waals surface area contributed by atoms with E-state index in [0.717, 1.165) is 5.76 Å². The third-order valence-corrected chi connectivity index (χ3v) is 4.38. The molecule has 0 bridgehead atoms. The first-order valence-electron chi connectivity index (χ1n) is 6.31. The van der Waals surface area contributed by atoms with Crippen molar-refractivity contribution >= 4 is 38.9 Å². The van der Waals surface area contributed by atoms with Gasteiger partial charge >= 0.3 is 0 Å². The number of benzene rings is 1. The summed E-state index contributed by atoms with van der Waals surface area (Å²) >= 11 is 4.53. The molecule has 0 fully saturated rings. The molecule has 3 rings (SSSR count). The number of hydrogen-bond acceptors (Lipinski definition) is 4. The van der Waals surface area contributed by atoms with Crippen LogP contribution in [0, 0.1) is 12.7 Å². The van der Waals surface area contributed by atoms with E-state index < -0.39 is 0 Å². The summed E-state index contributed by atoms with van der Waals surface area (Å²) < 4.78 is 19.0. The summed E-state index contributed by atoms with van der Waals surface area (Å²) in [6, 6.07) is 7.70. The average Bonchev–Trinajstić information content (AvgIpc) is 3.10. The number of rotatable bonds is 3. The van der Waals surface area contributed by atoms with Gasteiger partial charge in [-0.3, -0.25) is 4.79 Å². The molecule has 0 saturated carbocycles. The third-order valence-electron chi connectivity index (χ3n) is 2.87. The van der Waals surface area contributed by atoms with Gasteiger partial charge in [-0.2, -0.15) is 0 Å². The normalized spacial score (nSPS) is 10.7. The zero-order chi connectivity index (χ0) is 15.7. The van der Waals surface area contributed by atoms with Crippen LogP contribution in [0.4, 0.5) is 10.1 Å². The average molecular weight is 381 g/mol. The number of hydrogen-bond donors (Lipinski definition) is 1. The van der Waals surface area contributed by atoms with Gasteiger partial charge in [0.1, 0.15) is 17.3 Å². The van der Waals surface area contributed by atoms with Gasteiger partial charge in [0.2, 0.25) is 0 Å². The number of furan rings is 1. The van der Waals surface area contributed by atoms with Crippen molar-refractivity contribution in [1.29, 1.82) is 0 Å². The SMILES string of the molecule is Cc1ccc(-c2nc(C(=O)Nc3ccc(F)cc3Br)cs2)o1. The lowest BCUT2D eigenvalue weighted by Gasteiger charge is -2.05. The molecule has 1 amide bonds. The molecule has 0 aliphatic heterocycles. The Morgan fingerprint density at radius 1 is 1.36 bits per heavy atom. The molecule has 4 nitrogen and oxygen atoms in total. The van der Waals surface area contributed by atoms with Crippen LogP contribution in [0.15, 0.2) is 44.6 Å². The number of aromatic nitrogens is 1. The van der Waals surface area contributed by atoms with Gasteiger partial charge in [0.15, 0.2) is 10.8 Å². The molecule has 7 heteroatoms. The quantitative estimate of drug-likeness (QED) is 0.705. The third kappa shape index (κ3) is 3.10. The number of nitrogens with one attached hydrogen (secondary N) is 1. The van der Waals surface area contributed by atoms with Gasteiger partial charge in [0.25, 0.3) is 5.91 Å². The summed E-state index contributed by atoms with van der Waals surface area (Å²) in [7, 11) is 0. The molecular weight excluding hydrogens is 371 g/mol. The Balaban J connectivity index is 1.79. The van der Waals surface area contributed by atoms with Crippen molar-refractivity contribution in [1.82, 2.24) is 4.98 Å². The van der Waals surface area contributed by atoms with E-state index >= 15 is 0 Å². The van der Waals surface area contributed by atoms with Crippen molar-refractivity contribution in [3.05, 3.63) is 57.5 Å². The molecule has 3 aromatic rings. The van der Waals surface area contributed by atoms with Crippen molar-refractivity contribution in [3.63, 3.8) is 0 Å². The first kappa shape index (κ1) is 14.9. The van der Waals surface area contributed by atoms with Gasteiger partial charge in [-0.05, 0) is 53.2 Å². The minimum absolute atomic E-state index is 0.283.